The van der Waals surface area contributed by atoms with Crippen molar-refractivity contribution in [1.29, 1.82) is 0 Å². The van der Waals surface area contributed by atoms with E-state index in [0.717, 1.165) is 42.0 Å². The molecule has 1 N–H and O–H groups in total. The van der Waals surface area contributed by atoms with Gasteiger partial charge in [-0.1, -0.05) is 39.7 Å². The molecule has 2 aromatic carbocycles. The number of hydrogen-bond acceptors (Lipinski definition) is 4. The summed E-state index contributed by atoms with van der Waals surface area (Å²) in [4.78, 5) is 31.8. The topological polar surface area (TPSA) is 67.2 Å². The summed E-state index contributed by atoms with van der Waals surface area (Å²) in [6.07, 6.45) is 3.21. The third kappa shape index (κ3) is 5.09. The summed E-state index contributed by atoms with van der Waals surface area (Å²) in [6.45, 7) is 2.68. The van der Waals surface area contributed by atoms with Crippen LogP contribution in [0.3, 0.4) is 0 Å². The monoisotopic (exact) mass is 488 g/mol. The minimum atomic E-state index is -0.214. The fraction of sp³-hybridized carbons (Fsp3) is 0.318. The number of halogens is 2. The van der Waals surface area contributed by atoms with Crippen molar-refractivity contribution in [3.63, 3.8) is 0 Å². The molecule has 1 fully saturated rings. The number of likely N-dealkylation sites (tertiary alicyclic amines) is 1. The maximum Gasteiger partial charge on any atom is 0.261 e. The Hall–Kier alpha value is -2.22. The number of hydrogen-bond donors (Lipinski definition) is 1. The van der Waals surface area contributed by atoms with Gasteiger partial charge >= 0.3 is 0 Å². The second kappa shape index (κ2) is 9.29. The molecule has 0 unspecified atom stereocenters. The summed E-state index contributed by atoms with van der Waals surface area (Å²) in [5, 5.41) is 4.31. The molecule has 30 heavy (non-hydrogen) atoms. The van der Waals surface area contributed by atoms with Crippen LogP contribution in [0, 0.1) is 0 Å². The van der Waals surface area contributed by atoms with Gasteiger partial charge in [-0.05, 0) is 48.7 Å². The molecule has 1 amide bonds. The third-order valence-corrected chi connectivity index (χ3v) is 6.12. The highest BCUT2D eigenvalue weighted by atomic mass is 79.9. The minimum absolute atomic E-state index is 0.0285. The predicted octanol–water partition coefficient (Wildman–Crippen LogP) is 3.59. The van der Waals surface area contributed by atoms with Gasteiger partial charge in [-0.2, -0.15) is 0 Å². The second-order valence-corrected chi connectivity index (χ2v) is 8.94. The lowest BCUT2D eigenvalue weighted by Crippen LogP contribution is -2.45. The average Bonchev–Trinajstić information content (AvgIpc) is 2.73. The molecule has 1 aliphatic heterocycles. The molecule has 2 heterocycles. The van der Waals surface area contributed by atoms with Crippen molar-refractivity contribution in [3.05, 3.63) is 74.2 Å². The molecule has 3 aromatic rings. The number of fused-ring (bicyclic) bond motifs is 1. The zero-order valence-corrected chi connectivity index (χ0v) is 18.7. The van der Waals surface area contributed by atoms with Crippen molar-refractivity contribution in [1.82, 2.24) is 19.8 Å². The molecular formula is C22H22BrClN4O2. The number of benzene rings is 2. The Balaban J connectivity index is 1.31. The number of carbonyl (C=O) groups is 1. The van der Waals surface area contributed by atoms with Gasteiger partial charge in [0.05, 0.1) is 17.2 Å². The van der Waals surface area contributed by atoms with Crippen molar-refractivity contribution in [2.24, 2.45) is 0 Å². The molecule has 0 aliphatic carbocycles. The fourth-order valence-electron chi connectivity index (χ4n) is 3.76. The lowest BCUT2D eigenvalue weighted by molar-refractivity contribution is -0.122. The number of amides is 1. The number of nitrogens with zero attached hydrogens (tertiary/aromatic N) is 3. The first-order valence-electron chi connectivity index (χ1n) is 9.89. The van der Waals surface area contributed by atoms with E-state index >= 15 is 0 Å². The predicted molar refractivity (Wildman–Crippen MR) is 122 cm³/mol. The highest BCUT2D eigenvalue weighted by molar-refractivity contribution is 9.10. The summed E-state index contributed by atoms with van der Waals surface area (Å²) in [6, 6.07) is 13.4. The van der Waals surface area contributed by atoms with Crippen molar-refractivity contribution in [2.75, 3.05) is 13.1 Å². The molecule has 0 radical (unpaired) electrons. The van der Waals surface area contributed by atoms with Crippen molar-refractivity contribution < 1.29 is 4.79 Å². The summed E-state index contributed by atoms with van der Waals surface area (Å²) >= 11 is 9.32. The fourth-order valence-corrected chi connectivity index (χ4v) is 4.24. The van der Waals surface area contributed by atoms with E-state index in [4.69, 9.17) is 11.6 Å². The van der Waals surface area contributed by atoms with Crippen LogP contribution in [0.25, 0.3) is 10.9 Å². The van der Waals surface area contributed by atoms with Gasteiger partial charge in [-0.25, -0.2) is 4.98 Å². The van der Waals surface area contributed by atoms with Gasteiger partial charge in [0.15, 0.2) is 0 Å². The summed E-state index contributed by atoms with van der Waals surface area (Å²) in [5.74, 6) is -0.163. The summed E-state index contributed by atoms with van der Waals surface area (Å²) in [5.41, 5.74) is 1.64. The zero-order chi connectivity index (χ0) is 21.1. The van der Waals surface area contributed by atoms with Crippen molar-refractivity contribution in [2.45, 2.75) is 32.0 Å². The van der Waals surface area contributed by atoms with Crippen LogP contribution in [0.4, 0.5) is 0 Å². The number of carbonyl (C=O) groups excluding carboxylic acids is 1. The molecule has 0 atom stereocenters. The molecule has 0 bridgehead atoms. The molecule has 1 aliphatic rings. The second-order valence-electron chi connectivity index (χ2n) is 7.58. The van der Waals surface area contributed by atoms with Crippen molar-refractivity contribution in [3.8, 4) is 0 Å². The van der Waals surface area contributed by atoms with Crippen LogP contribution in [0.5, 0.6) is 0 Å². The highest BCUT2D eigenvalue weighted by Gasteiger charge is 2.21. The van der Waals surface area contributed by atoms with Gasteiger partial charge in [-0.15, -0.1) is 0 Å². The number of rotatable bonds is 5. The molecule has 6 nitrogen and oxygen atoms in total. The maximum atomic E-state index is 12.7. The first kappa shape index (κ1) is 21.0. The van der Waals surface area contributed by atoms with E-state index in [1.807, 2.05) is 30.3 Å². The molecule has 0 spiro atoms. The molecular weight excluding hydrogens is 468 g/mol. The Bertz CT molecular complexity index is 1110. The van der Waals surface area contributed by atoms with E-state index < -0.39 is 0 Å². The molecule has 8 heteroatoms. The molecule has 4 rings (SSSR count). The van der Waals surface area contributed by atoms with Crippen LogP contribution >= 0.6 is 27.5 Å². The van der Waals surface area contributed by atoms with E-state index in [1.165, 1.54) is 16.5 Å². The summed E-state index contributed by atoms with van der Waals surface area (Å²) in [7, 11) is 0. The van der Waals surface area contributed by atoms with Crippen molar-refractivity contribution >= 4 is 44.3 Å². The first-order valence-corrected chi connectivity index (χ1v) is 11.1. The van der Waals surface area contributed by atoms with E-state index in [0.29, 0.717) is 10.9 Å². The highest BCUT2D eigenvalue weighted by Crippen LogP contribution is 2.17. The number of nitrogens with one attached hydrogen (secondary N) is 1. The molecule has 156 valence electrons. The van der Waals surface area contributed by atoms with Gasteiger partial charge in [-0.3, -0.25) is 19.1 Å². The van der Waals surface area contributed by atoms with Crippen LogP contribution in [-0.4, -0.2) is 39.5 Å². The largest absolute Gasteiger partial charge is 0.352 e. The average molecular weight is 490 g/mol. The Morgan fingerprint density at radius 3 is 2.63 bits per heavy atom. The SMILES string of the molecule is O=C(Cn1cnc2ccc(Br)cc2c1=O)NC1CCN(Cc2ccc(Cl)cc2)CC1. The van der Waals surface area contributed by atoms with E-state index in [2.05, 4.69) is 31.1 Å². The standard InChI is InChI=1S/C22H22BrClN4O2/c23-16-3-6-20-19(11-16)22(30)28(14-25-20)13-21(29)26-18-7-9-27(10-8-18)12-15-1-4-17(24)5-2-15/h1-6,11,14,18H,7-10,12-13H2,(H,26,29). The van der Waals surface area contributed by atoms with Gasteiger partial charge in [0.2, 0.25) is 5.91 Å². The number of aromatic nitrogens is 2. The zero-order valence-electron chi connectivity index (χ0n) is 16.4. The van der Waals surface area contributed by atoms with Crippen LogP contribution in [0.2, 0.25) is 5.02 Å². The first-order chi connectivity index (χ1) is 14.5. The quantitative estimate of drug-likeness (QED) is 0.595. The Morgan fingerprint density at radius 2 is 1.90 bits per heavy atom. The minimum Gasteiger partial charge on any atom is -0.352 e. The van der Waals surface area contributed by atoms with Crippen LogP contribution in [0.1, 0.15) is 18.4 Å². The molecule has 1 saturated heterocycles. The number of piperidine rings is 1. The van der Waals surface area contributed by atoms with Gasteiger partial charge in [0, 0.05) is 35.2 Å². The lowest BCUT2D eigenvalue weighted by atomic mass is 10.0. The maximum absolute atomic E-state index is 12.7. The lowest BCUT2D eigenvalue weighted by Gasteiger charge is -2.32. The van der Waals surface area contributed by atoms with Crippen LogP contribution < -0.4 is 10.9 Å². The smallest absolute Gasteiger partial charge is 0.261 e. The third-order valence-electron chi connectivity index (χ3n) is 5.37. The van der Waals surface area contributed by atoms with Gasteiger partial charge in [0.1, 0.15) is 6.54 Å². The van der Waals surface area contributed by atoms with E-state index in [9.17, 15) is 9.59 Å². The Labute approximate surface area is 188 Å². The van der Waals surface area contributed by atoms with E-state index in [-0.39, 0.29) is 24.1 Å². The van der Waals surface area contributed by atoms with Gasteiger partial charge < -0.3 is 5.32 Å². The Kier molecular flexibility index (Phi) is 6.51. The molecule has 1 aromatic heterocycles. The normalized spacial score (nSPS) is 15.4. The van der Waals surface area contributed by atoms with Crippen LogP contribution in [0.15, 0.2) is 58.1 Å². The molecule has 0 saturated carbocycles. The Morgan fingerprint density at radius 1 is 1.17 bits per heavy atom. The summed E-state index contributed by atoms with van der Waals surface area (Å²) < 4.78 is 2.17. The van der Waals surface area contributed by atoms with Gasteiger partial charge in [0.25, 0.3) is 5.56 Å². The van der Waals surface area contributed by atoms with Crippen LogP contribution in [-0.2, 0) is 17.9 Å². The van der Waals surface area contributed by atoms with E-state index in [1.54, 1.807) is 12.1 Å².